The van der Waals surface area contributed by atoms with Crippen molar-refractivity contribution in [2.45, 2.75) is 18.6 Å². The van der Waals surface area contributed by atoms with E-state index in [2.05, 4.69) is 10.2 Å². The van der Waals surface area contributed by atoms with Crippen LogP contribution in [0.2, 0.25) is 0 Å². The molecule has 8 heteroatoms. The topological polar surface area (TPSA) is 109 Å². The molecule has 1 heterocycles. The quantitative estimate of drug-likeness (QED) is 0.485. The first-order chi connectivity index (χ1) is 13.1. The zero-order valence-electron chi connectivity index (χ0n) is 14.4. The number of rotatable bonds is 7. The highest BCUT2D eigenvalue weighted by Gasteiger charge is 2.17. The predicted octanol–water partition coefficient (Wildman–Crippen LogP) is 3.91. The summed E-state index contributed by atoms with van der Waals surface area (Å²) in [4.78, 5) is 11.8. The molecular formula is C19H15N3O4S. The van der Waals surface area contributed by atoms with Gasteiger partial charge in [-0.2, -0.15) is 5.26 Å². The number of carboxylic acids is 1. The van der Waals surface area contributed by atoms with Crippen LogP contribution < -0.4 is 4.74 Å². The molecule has 0 bridgehead atoms. The van der Waals surface area contributed by atoms with Crippen LogP contribution in [-0.4, -0.2) is 27.9 Å². The zero-order chi connectivity index (χ0) is 19.2. The van der Waals surface area contributed by atoms with Gasteiger partial charge in [0.25, 0.3) is 5.22 Å². The van der Waals surface area contributed by atoms with E-state index in [0.717, 1.165) is 22.5 Å². The van der Waals surface area contributed by atoms with E-state index in [4.69, 9.17) is 14.4 Å². The summed E-state index contributed by atoms with van der Waals surface area (Å²) in [5, 5.41) is 28.0. The fourth-order valence-corrected chi connectivity index (χ4v) is 3.11. The van der Waals surface area contributed by atoms with Gasteiger partial charge in [0, 0.05) is 12.0 Å². The highest BCUT2D eigenvalue weighted by atomic mass is 32.2. The van der Waals surface area contributed by atoms with Gasteiger partial charge in [-0.15, -0.1) is 10.2 Å². The fraction of sp³-hybridized carbons (Fsp3) is 0.158. The largest absolute Gasteiger partial charge is 0.478 e. The van der Waals surface area contributed by atoms with Crippen molar-refractivity contribution in [3.8, 4) is 11.8 Å². The number of ether oxygens (including phenoxy) is 1. The molecule has 0 amide bonds. The summed E-state index contributed by atoms with van der Waals surface area (Å²) in [6.45, 7) is 1.73. The number of aryl methyl sites for hydroxylation is 1. The lowest BCUT2D eigenvalue weighted by molar-refractivity contribution is -0.131. The second-order valence-corrected chi connectivity index (χ2v) is 6.37. The summed E-state index contributed by atoms with van der Waals surface area (Å²) in [7, 11) is 0. The Balaban J connectivity index is 2.08. The number of carboxylic acid groups (broad SMARTS) is 1. The fourth-order valence-electron chi connectivity index (χ4n) is 2.44. The van der Waals surface area contributed by atoms with Gasteiger partial charge in [0.2, 0.25) is 5.89 Å². The molecule has 7 nitrogen and oxygen atoms in total. The summed E-state index contributed by atoms with van der Waals surface area (Å²) in [5.41, 5.74) is 0.573. The minimum absolute atomic E-state index is 0.000497. The van der Waals surface area contributed by atoms with Crippen LogP contribution in [0.1, 0.15) is 18.4 Å². The molecule has 0 saturated heterocycles. The molecule has 0 atom stereocenters. The summed E-state index contributed by atoms with van der Waals surface area (Å²) < 4.78 is 10.9. The molecule has 0 spiro atoms. The van der Waals surface area contributed by atoms with Gasteiger partial charge in [0.15, 0.2) is 6.61 Å². The number of aliphatic carboxylic acids is 1. The maximum absolute atomic E-state index is 11.8. The first kappa shape index (κ1) is 18.5. The normalized spacial score (nSPS) is 11.3. The highest BCUT2D eigenvalue weighted by Crippen LogP contribution is 2.34. The lowest BCUT2D eigenvalue weighted by Gasteiger charge is -2.10. The molecule has 1 aromatic heterocycles. The van der Waals surface area contributed by atoms with Crippen molar-refractivity contribution in [3.05, 3.63) is 52.8 Å². The van der Waals surface area contributed by atoms with E-state index in [9.17, 15) is 9.90 Å². The molecule has 3 aromatic rings. The van der Waals surface area contributed by atoms with Crippen molar-refractivity contribution in [1.29, 1.82) is 5.26 Å². The molecule has 0 aliphatic carbocycles. The molecule has 0 radical (unpaired) electrons. The van der Waals surface area contributed by atoms with Crippen molar-refractivity contribution < 1.29 is 19.1 Å². The SMILES string of the molecule is CCc1nnc(S/C(=C\c2c(OCC#N)ccc3ccccc23)C(=O)O)o1. The van der Waals surface area contributed by atoms with Crippen LogP contribution in [0.3, 0.4) is 0 Å². The summed E-state index contributed by atoms with van der Waals surface area (Å²) in [6, 6.07) is 13.0. The van der Waals surface area contributed by atoms with Crippen molar-refractivity contribution in [2.24, 2.45) is 0 Å². The van der Waals surface area contributed by atoms with E-state index in [1.54, 1.807) is 6.07 Å². The Labute approximate surface area is 159 Å². The summed E-state index contributed by atoms with van der Waals surface area (Å²) in [5.74, 6) is -0.268. The molecule has 0 unspecified atom stereocenters. The van der Waals surface area contributed by atoms with Gasteiger partial charge in [0.1, 0.15) is 16.7 Å². The van der Waals surface area contributed by atoms with Gasteiger partial charge in [0.05, 0.1) is 0 Å². The van der Waals surface area contributed by atoms with Gasteiger partial charge in [-0.05, 0) is 34.7 Å². The van der Waals surface area contributed by atoms with Gasteiger partial charge in [-0.25, -0.2) is 4.79 Å². The van der Waals surface area contributed by atoms with E-state index in [-0.39, 0.29) is 16.7 Å². The summed E-state index contributed by atoms with van der Waals surface area (Å²) in [6.07, 6.45) is 2.06. The standard InChI is InChI=1S/C19H15N3O4S/c1-2-17-21-22-19(26-17)27-16(18(23)24)11-14-13-6-4-3-5-12(13)7-8-15(14)25-10-9-20/h3-8,11H,2,10H2,1H3,(H,23,24)/b16-11-. The number of benzene rings is 2. The van der Waals surface area contributed by atoms with Crippen molar-refractivity contribution in [1.82, 2.24) is 10.2 Å². The number of carbonyl (C=O) groups is 1. The molecule has 1 N–H and O–H groups in total. The van der Waals surface area contributed by atoms with E-state index < -0.39 is 5.97 Å². The monoisotopic (exact) mass is 381 g/mol. The van der Waals surface area contributed by atoms with Crippen molar-refractivity contribution >= 4 is 34.6 Å². The Morgan fingerprint density at radius 1 is 1.33 bits per heavy atom. The van der Waals surface area contributed by atoms with Crippen LogP contribution in [-0.2, 0) is 11.2 Å². The van der Waals surface area contributed by atoms with Crippen molar-refractivity contribution in [2.75, 3.05) is 6.61 Å². The lowest BCUT2D eigenvalue weighted by atomic mass is 10.0. The molecule has 0 saturated carbocycles. The number of thioether (sulfide) groups is 1. The smallest absolute Gasteiger partial charge is 0.342 e. The van der Waals surface area contributed by atoms with Crippen LogP contribution in [0.5, 0.6) is 5.75 Å². The third-order valence-electron chi connectivity index (χ3n) is 3.66. The van der Waals surface area contributed by atoms with E-state index in [0.29, 0.717) is 23.6 Å². The molecular weight excluding hydrogens is 366 g/mol. The number of nitrogens with zero attached hydrogens (tertiary/aromatic N) is 3. The number of hydrogen-bond acceptors (Lipinski definition) is 7. The van der Waals surface area contributed by atoms with Gasteiger partial charge < -0.3 is 14.3 Å². The van der Waals surface area contributed by atoms with Crippen LogP contribution in [0.15, 0.2) is 50.9 Å². The third-order valence-corrected chi connectivity index (χ3v) is 4.51. The second kappa shape index (κ2) is 8.38. The Bertz CT molecular complexity index is 1050. The van der Waals surface area contributed by atoms with Gasteiger partial charge >= 0.3 is 5.97 Å². The van der Waals surface area contributed by atoms with Crippen LogP contribution in [0.4, 0.5) is 0 Å². The Hall–Kier alpha value is -3.31. The number of fused-ring (bicyclic) bond motifs is 1. The molecule has 2 aromatic carbocycles. The number of aromatic nitrogens is 2. The maximum Gasteiger partial charge on any atom is 0.342 e. The van der Waals surface area contributed by atoms with Crippen LogP contribution >= 0.6 is 11.8 Å². The van der Waals surface area contributed by atoms with Gasteiger partial charge in [-0.1, -0.05) is 37.3 Å². The average molecular weight is 381 g/mol. The van der Waals surface area contributed by atoms with Crippen molar-refractivity contribution in [3.63, 3.8) is 0 Å². The molecule has 3 rings (SSSR count). The second-order valence-electron chi connectivity index (χ2n) is 5.38. The van der Waals surface area contributed by atoms with Crippen LogP contribution in [0, 0.1) is 11.3 Å². The lowest BCUT2D eigenvalue weighted by Crippen LogP contribution is -2.00. The number of hydrogen-bond donors (Lipinski definition) is 1. The Kier molecular flexibility index (Phi) is 5.74. The van der Waals surface area contributed by atoms with E-state index >= 15 is 0 Å². The molecule has 0 aliphatic heterocycles. The molecule has 0 fully saturated rings. The first-order valence-electron chi connectivity index (χ1n) is 8.09. The minimum Gasteiger partial charge on any atom is -0.478 e. The molecule has 136 valence electrons. The predicted molar refractivity (Wildman–Crippen MR) is 100 cm³/mol. The average Bonchev–Trinajstić information content (AvgIpc) is 3.14. The zero-order valence-corrected chi connectivity index (χ0v) is 15.2. The van der Waals surface area contributed by atoms with E-state index in [1.165, 1.54) is 6.08 Å². The van der Waals surface area contributed by atoms with Crippen LogP contribution in [0.25, 0.3) is 16.8 Å². The highest BCUT2D eigenvalue weighted by molar-refractivity contribution is 8.03. The molecule has 27 heavy (non-hydrogen) atoms. The minimum atomic E-state index is -1.13. The van der Waals surface area contributed by atoms with Gasteiger partial charge in [-0.3, -0.25) is 0 Å². The maximum atomic E-state index is 11.8. The van der Waals surface area contributed by atoms with E-state index in [1.807, 2.05) is 43.3 Å². The number of nitriles is 1. The Morgan fingerprint density at radius 3 is 2.85 bits per heavy atom. The molecule has 0 aliphatic rings. The third kappa shape index (κ3) is 4.27. The Morgan fingerprint density at radius 2 is 2.15 bits per heavy atom. The first-order valence-corrected chi connectivity index (χ1v) is 8.90. The summed E-state index contributed by atoms with van der Waals surface area (Å²) >= 11 is 0.870.